The minimum atomic E-state index is -3.03. The van der Waals surface area contributed by atoms with Gasteiger partial charge in [-0.3, -0.25) is 0 Å². The van der Waals surface area contributed by atoms with E-state index >= 15 is 0 Å². The first-order valence-corrected chi connectivity index (χ1v) is 10.9. The highest BCUT2D eigenvalue weighted by atomic mass is 32.2. The standard InChI is InChI=1S/C22H30O2S/c1-5-18(4)22-14-12-20(13-15-22)7-6-19-8-10-21(11-9-19)16-25(23,24)17(2)3/h8-15,17-18H,5-7,16H2,1-4H3. The van der Waals surface area contributed by atoms with E-state index in [0.29, 0.717) is 5.92 Å². The maximum atomic E-state index is 12.0. The van der Waals surface area contributed by atoms with Crippen molar-refractivity contribution in [3.8, 4) is 0 Å². The fraction of sp³-hybridized carbons (Fsp3) is 0.455. The fourth-order valence-corrected chi connectivity index (χ4v) is 3.73. The minimum absolute atomic E-state index is 0.127. The molecule has 0 fully saturated rings. The van der Waals surface area contributed by atoms with E-state index in [1.165, 1.54) is 16.7 Å². The maximum absolute atomic E-state index is 12.0. The Morgan fingerprint density at radius 1 is 0.760 bits per heavy atom. The summed E-state index contributed by atoms with van der Waals surface area (Å²) in [6, 6.07) is 16.9. The van der Waals surface area contributed by atoms with Gasteiger partial charge in [-0.25, -0.2) is 8.42 Å². The van der Waals surface area contributed by atoms with Gasteiger partial charge in [-0.2, -0.15) is 0 Å². The molecule has 0 amide bonds. The van der Waals surface area contributed by atoms with Crippen molar-refractivity contribution < 1.29 is 8.42 Å². The Hall–Kier alpha value is -1.61. The molecular formula is C22H30O2S. The molecule has 2 aromatic rings. The first-order valence-electron chi connectivity index (χ1n) is 9.20. The van der Waals surface area contributed by atoms with Crippen LogP contribution in [-0.2, 0) is 28.4 Å². The van der Waals surface area contributed by atoms with Gasteiger partial charge in [0.25, 0.3) is 0 Å². The van der Waals surface area contributed by atoms with Gasteiger partial charge < -0.3 is 0 Å². The van der Waals surface area contributed by atoms with Gasteiger partial charge in [0.2, 0.25) is 0 Å². The Kier molecular flexibility index (Phi) is 6.83. The van der Waals surface area contributed by atoms with Crippen LogP contribution in [0, 0.1) is 0 Å². The fourth-order valence-electron chi connectivity index (χ4n) is 2.74. The summed E-state index contributed by atoms with van der Waals surface area (Å²) in [7, 11) is -3.03. The molecule has 0 heterocycles. The summed E-state index contributed by atoms with van der Waals surface area (Å²) in [6.07, 6.45) is 3.14. The minimum Gasteiger partial charge on any atom is -0.228 e. The summed E-state index contributed by atoms with van der Waals surface area (Å²) in [5.74, 6) is 0.742. The number of hydrogen-bond acceptors (Lipinski definition) is 2. The van der Waals surface area contributed by atoms with Crippen LogP contribution in [0.4, 0.5) is 0 Å². The molecule has 2 rings (SSSR count). The quantitative estimate of drug-likeness (QED) is 0.641. The van der Waals surface area contributed by atoms with Gasteiger partial charge in [-0.05, 0) is 61.3 Å². The third kappa shape index (κ3) is 5.71. The predicted molar refractivity (Wildman–Crippen MR) is 107 cm³/mol. The van der Waals surface area contributed by atoms with Crippen LogP contribution < -0.4 is 0 Å². The van der Waals surface area contributed by atoms with Crippen LogP contribution in [0.3, 0.4) is 0 Å². The Morgan fingerprint density at radius 2 is 1.20 bits per heavy atom. The van der Waals surface area contributed by atoms with Crippen molar-refractivity contribution in [1.29, 1.82) is 0 Å². The maximum Gasteiger partial charge on any atom is 0.156 e. The summed E-state index contributed by atoms with van der Waals surface area (Å²) < 4.78 is 24.0. The van der Waals surface area contributed by atoms with Gasteiger partial charge in [0.15, 0.2) is 9.84 Å². The molecule has 2 aromatic carbocycles. The molecule has 1 atom stereocenters. The SMILES string of the molecule is CCC(C)c1ccc(CCc2ccc(CS(=O)(=O)C(C)C)cc2)cc1. The number of hydrogen-bond donors (Lipinski definition) is 0. The summed E-state index contributed by atoms with van der Waals surface area (Å²) in [4.78, 5) is 0. The zero-order chi connectivity index (χ0) is 18.4. The highest BCUT2D eigenvalue weighted by molar-refractivity contribution is 7.91. The van der Waals surface area contributed by atoms with Crippen LogP contribution in [-0.4, -0.2) is 13.7 Å². The van der Waals surface area contributed by atoms with Crippen molar-refractivity contribution in [2.45, 2.75) is 63.9 Å². The van der Waals surface area contributed by atoms with Crippen LogP contribution in [0.15, 0.2) is 48.5 Å². The zero-order valence-electron chi connectivity index (χ0n) is 15.8. The van der Waals surface area contributed by atoms with E-state index < -0.39 is 9.84 Å². The van der Waals surface area contributed by atoms with Crippen molar-refractivity contribution in [3.05, 3.63) is 70.8 Å². The van der Waals surface area contributed by atoms with E-state index in [1.54, 1.807) is 13.8 Å². The zero-order valence-corrected chi connectivity index (χ0v) is 16.6. The van der Waals surface area contributed by atoms with Gasteiger partial charge in [-0.15, -0.1) is 0 Å². The van der Waals surface area contributed by atoms with Gasteiger partial charge in [0.1, 0.15) is 0 Å². The molecule has 0 bridgehead atoms. The van der Waals surface area contributed by atoms with Crippen LogP contribution in [0.2, 0.25) is 0 Å². The van der Waals surface area contributed by atoms with Crippen molar-refractivity contribution in [3.63, 3.8) is 0 Å². The Bertz CT molecular complexity index is 757. The number of sulfone groups is 1. The Labute approximate surface area is 153 Å². The molecule has 0 radical (unpaired) electrons. The topological polar surface area (TPSA) is 34.1 Å². The van der Waals surface area contributed by atoms with Gasteiger partial charge >= 0.3 is 0 Å². The number of rotatable bonds is 8. The average Bonchev–Trinajstić information content (AvgIpc) is 2.60. The molecule has 0 saturated heterocycles. The van der Waals surface area contributed by atoms with E-state index in [4.69, 9.17) is 0 Å². The Morgan fingerprint density at radius 3 is 1.64 bits per heavy atom. The first kappa shape index (κ1) is 19.7. The summed E-state index contributed by atoms with van der Waals surface area (Å²) in [5, 5.41) is -0.328. The highest BCUT2D eigenvalue weighted by Gasteiger charge is 2.16. The molecule has 1 unspecified atom stereocenters. The van der Waals surface area contributed by atoms with Crippen molar-refractivity contribution in [2.75, 3.05) is 0 Å². The second-order valence-corrected chi connectivity index (χ2v) is 9.78. The third-order valence-electron chi connectivity index (χ3n) is 4.97. The van der Waals surface area contributed by atoms with Gasteiger partial charge in [0, 0.05) is 0 Å². The van der Waals surface area contributed by atoms with Crippen LogP contribution in [0.5, 0.6) is 0 Å². The molecule has 0 saturated carbocycles. The molecule has 0 aliphatic heterocycles. The van der Waals surface area contributed by atoms with E-state index in [2.05, 4.69) is 50.2 Å². The number of aryl methyl sites for hydroxylation is 2. The predicted octanol–water partition coefficient (Wildman–Crippen LogP) is 5.31. The Balaban J connectivity index is 1.93. The first-order chi connectivity index (χ1) is 11.8. The van der Waals surface area contributed by atoms with E-state index in [1.807, 2.05) is 12.1 Å². The van der Waals surface area contributed by atoms with E-state index in [9.17, 15) is 8.42 Å². The molecule has 0 aliphatic carbocycles. The largest absolute Gasteiger partial charge is 0.228 e. The van der Waals surface area contributed by atoms with Crippen LogP contribution >= 0.6 is 0 Å². The highest BCUT2D eigenvalue weighted by Crippen LogP contribution is 2.19. The molecule has 0 spiro atoms. The molecule has 136 valence electrons. The van der Waals surface area contributed by atoms with E-state index in [0.717, 1.165) is 24.8 Å². The molecule has 2 nitrogen and oxygen atoms in total. The molecule has 0 N–H and O–H groups in total. The normalized spacial score (nSPS) is 13.2. The lowest BCUT2D eigenvalue weighted by Gasteiger charge is -2.10. The van der Waals surface area contributed by atoms with Crippen molar-refractivity contribution in [2.24, 2.45) is 0 Å². The molecule has 25 heavy (non-hydrogen) atoms. The third-order valence-corrected chi connectivity index (χ3v) is 7.14. The lowest BCUT2D eigenvalue weighted by molar-refractivity contribution is 0.586. The van der Waals surface area contributed by atoms with Crippen molar-refractivity contribution in [1.82, 2.24) is 0 Å². The summed E-state index contributed by atoms with van der Waals surface area (Å²) >= 11 is 0. The van der Waals surface area contributed by atoms with Crippen LogP contribution in [0.1, 0.15) is 62.3 Å². The molecule has 0 aliphatic rings. The second kappa shape index (κ2) is 8.66. The summed E-state index contributed by atoms with van der Waals surface area (Å²) in [5.41, 5.74) is 4.87. The second-order valence-electron chi connectivity index (χ2n) is 7.22. The van der Waals surface area contributed by atoms with E-state index in [-0.39, 0.29) is 11.0 Å². The smallest absolute Gasteiger partial charge is 0.156 e. The lowest BCUT2D eigenvalue weighted by atomic mass is 9.96. The summed E-state index contributed by atoms with van der Waals surface area (Å²) in [6.45, 7) is 7.94. The molecule has 0 aromatic heterocycles. The lowest BCUT2D eigenvalue weighted by Crippen LogP contribution is -2.15. The molecular weight excluding hydrogens is 328 g/mol. The molecule has 3 heteroatoms. The average molecular weight is 359 g/mol. The van der Waals surface area contributed by atoms with Gasteiger partial charge in [-0.1, -0.05) is 62.4 Å². The van der Waals surface area contributed by atoms with Crippen LogP contribution in [0.25, 0.3) is 0 Å². The van der Waals surface area contributed by atoms with Crippen molar-refractivity contribution >= 4 is 9.84 Å². The number of benzene rings is 2. The van der Waals surface area contributed by atoms with Gasteiger partial charge in [0.05, 0.1) is 11.0 Å². The monoisotopic (exact) mass is 358 g/mol.